The second-order valence-corrected chi connectivity index (χ2v) is 7.67. The monoisotopic (exact) mass is 357 g/mol. The largest absolute Gasteiger partial charge is 0.382 e. The van der Waals surface area contributed by atoms with Gasteiger partial charge in [0.2, 0.25) is 0 Å². The first-order valence-electron chi connectivity index (χ1n) is 8.34. The van der Waals surface area contributed by atoms with Crippen molar-refractivity contribution >= 4 is 26.5 Å². The van der Waals surface area contributed by atoms with Crippen molar-refractivity contribution < 1.29 is 4.39 Å². The van der Waals surface area contributed by atoms with Crippen LogP contribution >= 0.6 is 9.24 Å². The number of hydrogen-bond acceptors (Lipinski definition) is 4. The van der Waals surface area contributed by atoms with E-state index >= 15 is 0 Å². The van der Waals surface area contributed by atoms with Gasteiger partial charge in [0.25, 0.3) is 0 Å². The van der Waals surface area contributed by atoms with Crippen molar-refractivity contribution in [3.8, 4) is 0 Å². The predicted molar refractivity (Wildman–Crippen MR) is 101 cm³/mol. The maximum Gasteiger partial charge on any atom is 0.162 e. The first-order valence-corrected chi connectivity index (χ1v) is 9.00. The van der Waals surface area contributed by atoms with Crippen LogP contribution in [0.25, 0.3) is 5.65 Å². The number of halogens is 1. The van der Waals surface area contributed by atoms with Crippen molar-refractivity contribution in [2.75, 3.05) is 17.2 Å². The SMILES string of the molecule is Cc1ccc(F)cc1C1CC(P)CN1c1ccn2nc(N)c(C)c2n1. The lowest BCUT2D eigenvalue weighted by molar-refractivity contribution is 0.617. The number of fused-ring (bicyclic) bond motifs is 1. The number of benzene rings is 1. The number of aromatic nitrogens is 3. The molecule has 1 aliphatic heterocycles. The van der Waals surface area contributed by atoms with E-state index in [1.165, 1.54) is 6.07 Å². The molecule has 0 radical (unpaired) electrons. The van der Waals surface area contributed by atoms with Crippen LogP contribution in [0.1, 0.15) is 29.2 Å². The summed E-state index contributed by atoms with van der Waals surface area (Å²) in [4.78, 5) is 7.04. The van der Waals surface area contributed by atoms with Crippen LogP contribution in [-0.4, -0.2) is 26.8 Å². The molecule has 2 aromatic heterocycles. The summed E-state index contributed by atoms with van der Waals surface area (Å²) in [5, 5.41) is 4.26. The standard InChI is InChI=1S/C18H21FN5P/c1-10-3-4-12(19)7-14(10)15-8-13(25)9-23(15)16-5-6-24-18(21-16)11(2)17(20)22-24/h3-7,13,15H,8-9,25H2,1-2H3,(H2,20,22). The van der Waals surface area contributed by atoms with E-state index in [9.17, 15) is 4.39 Å². The third-order valence-electron chi connectivity index (χ3n) is 4.97. The molecule has 3 atom stereocenters. The smallest absolute Gasteiger partial charge is 0.162 e. The molecular formula is C18H21FN5P. The fourth-order valence-electron chi connectivity index (χ4n) is 3.59. The Morgan fingerprint density at radius 3 is 2.88 bits per heavy atom. The summed E-state index contributed by atoms with van der Waals surface area (Å²) in [5.41, 5.74) is 10.1. The molecule has 7 heteroatoms. The molecule has 0 amide bonds. The van der Waals surface area contributed by atoms with Gasteiger partial charge in [0.15, 0.2) is 11.5 Å². The topological polar surface area (TPSA) is 59.5 Å². The lowest BCUT2D eigenvalue weighted by atomic mass is 9.99. The zero-order valence-electron chi connectivity index (χ0n) is 14.3. The van der Waals surface area contributed by atoms with Crippen LogP contribution in [0.15, 0.2) is 30.5 Å². The molecule has 3 heterocycles. The Morgan fingerprint density at radius 1 is 1.28 bits per heavy atom. The van der Waals surface area contributed by atoms with Gasteiger partial charge in [0, 0.05) is 18.3 Å². The highest BCUT2D eigenvalue weighted by Crippen LogP contribution is 2.39. The van der Waals surface area contributed by atoms with E-state index in [0.29, 0.717) is 11.5 Å². The lowest BCUT2D eigenvalue weighted by Gasteiger charge is -2.27. The van der Waals surface area contributed by atoms with E-state index in [2.05, 4.69) is 19.2 Å². The fourth-order valence-corrected chi connectivity index (χ4v) is 4.08. The first-order chi connectivity index (χ1) is 11.9. The summed E-state index contributed by atoms with van der Waals surface area (Å²) in [7, 11) is 2.89. The fraction of sp³-hybridized carbons (Fsp3) is 0.333. The third kappa shape index (κ3) is 2.74. The maximum absolute atomic E-state index is 13.8. The maximum atomic E-state index is 13.8. The minimum atomic E-state index is -0.199. The molecule has 3 aromatic rings. The van der Waals surface area contributed by atoms with Crippen molar-refractivity contribution in [3.63, 3.8) is 0 Å². The summed E-state index contributed by atoms with van der Waals surface area (Å²) < 4.78 is 15.5. The molecule has 25 heavy (non-hydrogen) atoms. The van der Waals surface area contributed by atoms with Gasteiger partial charge >= 0.3 is 0 Å². The summed E-state index contributed by atoms with van der Waals surface area (Å²) >= 11 is 0. The highest BCUT2D eigenvalue weighted by molar-refractivity contribution is 7.17. The first kappa shape index (κ1) is 16.3. The van der Waals surface area contributed by atoms with Crippen LogP contribution in [0.5, 0.6) is 0 Å². The van der Waals surface area contributed by atoms with Gasteiger partial charge in [0.05, 0.1) is 6.04 Å². The van der Waals surface area contributed by atoms with Crippen molar-refractivity contribution in [2.45, 2.75) is 32.0 Å². The van der Waals surface area contributed by atoms with Gasteiger partial charge in [-0.2, -0.15) is 0 Å². The summed E-state index contributed by atoms with van der Waals surface area (Å²) in [6.07, 6.45) is 2.83. The molecule has 4 rings (SSSR count). The van der Waals surface area contributed by atoms with Crippen molar-refractivity contribution in [2.24, 2.45) is 0 Å². The molecule has 3 unspecified atom stereocenters. The number of rotatable bonds is 2. The molecule has 1 aliphatic rings. The van der Waals surface area contributed by atoms with Crippen LogP contribution in [0.3, 0.4) is 0 Å². The van der Waals surface area contributed by atoms with E-state index in [-0.39, 0.29) is 11.9 Å². The Morgan fingerprint density at radius 2 is 2.08 bits per heavy atom. The van der Waals surface area contributed by atoms with E-state index in [1.807, 2.05) is 32.2 Å². The van der Waals surface area contributed by atoms with Gasteiger partial charge < -0.3 is 10.6 Å². The average Bonchev–Trinajstić information content (AvgIpc) is 3.10. The zero-order valence-corrected chi connectivity index (χ0v) is 15.4. The summed E-state index contributed by atoms with van der Waals surface area (Å²) in [6.45, 7) is 4.81. The molecule has 130 valence electrons. The third-order valence-corrected chi connectivity index (χ3v) is 5.45. The van der Waals surface area contributed by atoms with Gasteiger partial charge in [-0.25, -0.2) is 13.9 Å². The van der Waals surface area contributed by atoms with E-state index in [0.717, 1.165) is 41.1 Å². The van der Waals surface area contributed by atoms with Gasteiger partial charge in [-0.05, 0) is 55.3 Å². The van der Waals surface area contributed by atoms with Crippen LogP contribution < -0.4 is 10.6 Å². The molecule has 2 N–H and O–H groups in total. The molecule has 1 saturated heterocycles. The second kappa shape index (κ2) is 5.95. The normalized spacial score (nSPS) is 20.6. The molecule has 5 nitrogen and oxygen atoms in total. The van der Waals surface area contributed by atoms with Crippen LogP contribution in [0.2, 0.25) is 0 Å². The highest BCUT2D eigenvalue weighted by Gasteiger charge is 2.33. The van der Waals surface area contributed by atoms with Crippen LogP contribution in [-0.2, 0) is 0 Å². The predicted octanol–water partition coefficient (Wildman–Crippen LogP) is 3.26. The summed E-state index contributed by atoms with van der Waals surface area (Å²) in [6, 6.07) is 7.06. The molecule has 0 spiro atoms. The molecule has 0 aliphatic carbocycles. The number of nitrogens with zero attached hydrogens (tertiary/aromatic N) is 4. The van der Waals surface area contributed by atoms with E-state index in [4.69, 9.17) is 10.7 Å². The van der Waals surface area contributed by atoms with E-state index in [1.54, 1.807) is 10.6 Å². The minimum Gasteiger partial charge on any atom is -0.382 e. The quantitative estimate of drug-likeness (QED) is 0.715. The van der Waals surface area contributed by atoms with Gasteiger partial charge in [0.1, 0.15) is 11.6 Å². The molecule has 1 fully saturated rings. The number of nitrogen functional groups attached to an aromatic ring is 1. The lowest BCUT2D eigenvalue weighted by Crippen LogP contribution is -2.25. The van der Waals surface area contributed by atoms with Crippen molar-refractivity contribution in [3.05, 3.63) is 53.0 Å². The zero-order chi connectivity index (χ0) is 17.7. The van der Waals surface area contributed by atoms with Crippen molar-refractivity contribution in [1.29, 1.82) is 0 Å². The number of nitrogens with two attached hydrogens (primary N) is 1. The van der Waals surface area contributed by atoms with Crippen LogP contribution in [0.4, 0.5) is 16.0 Å². The molecular weight excluding hydrogens is 336 g/mol. The van der Waals surface area contributed by atoms with Gasteiger partial charge in [-0.1, -0.05) is 6.07 Å². The molecule has 0 saturated carbocycles. The summed E-state index contributed by atoms with van der Waals surface area (Å²) in [5.74, 6) is 1.16. The van der Waals surface area contributed by atoms with Crippen LogP contribution in [0, 0.1) is 19.7 Å². The molecule has 1 aromatic carbocycles. The Balaban J connectivity index is 1.79. The van der Waals surface area contributed by atoms with Gasteiger partial charge in [-0.3, -0.25) is 0 Å². The second-order valence-electron chi connectivity index (χ2n) is 6.73. The number of aryl methyl sites for hydroxylation is 2. The Hall–Kier alpha value is -2.20. The number of hydrogen-bond donors (Lipinski definition) is 1. The molecule has 0 bridgehead atoms. The van der Waals surface area contributed by atoms with Gasteiger partial charge in [-0.15, -0.1) is 14.3 Å². The minimum absolute atomic E-state index is 0.105. The Bertz CT molecular complexity index is 954. The Labute approximate surface area is 148 Å². The van der Waals surface area contributed by atoms with E-state index < -0.39 is 0 Å². The van der Waals surface area contributed by atoms with Crippen molar-refractivity contribution in [1.82, 2.24) is 14.6 Å². The number of anilines is 2. The highest BCUT2D eigenvalue weighted by atomic mass is 31.0. The Kier molecular flexibility index (Phi) is 3.88. The average molecular weight is 357 g/mol.